The summed E-state index contributed by atoms with van der Waals surface area (Å²) in [5.41, 5.74) is 1.93. The Morgan fingerprint density at radius 1 is 1.32 bits per heavy atom. The van der Waals surface area contributed by atoms with Gasteiger partial charge in [-0.1, -0.05) is 13.8 Å². The van der Waals surface area contributed by atoms with E-state index in [4.69, 9.17) is 0 Å². The number of rotatable bonds is 1. The van der Waals surface area contributed by atoms with Gasteiger partial charge in [0.2, 0.25) is 0 Å². The van der Waals surface area contributed by atoms with Crippen LogP contribution in [0.1, 0.15) is 30.6 Å². The van der Waals surface area contributed by atoms with Gasteiger partial charge in [0.1, 0.15) is 5.52 Å². The number of fused-ring (bicyclic) bond motifs is 1. The van der Waals surface area contributed by atoms with Crippen molar-refractivity contribution in [2.45, 2.75) is 20.3 Å². The van der Waals surface area contributed by atoms with Crippen LogP contribution in [0.2, 0.25) is 0 Å². The maximum absolute atomic E-state index is 12.5. The van der Waals surface area contributed by atoms with E-state index < -0.39 is 0 Å². The Bertz CT molecular complexity index is 601. The molecule has 5 nitrogen and oxygen atoms in total. The molecule has 1 amide bonds. The summed E-state index contributed by atoms with van der Waals surface area (Å²) in [5.74, 6) is 1.18. The first-order valence-electron chi connectivity index (χ1n) is 6.51. The number of pyridine rings is 1. The Morgan fingerprint density at radius 3 is 2.79 bits per heavy atom. The van der Waals surface area contributed by atoms with Crippen molar-refractivity contribution in [2.24, 2.45) is 11.8 Å². The Labute approximate surface area is 116 Å². The fourth-order valence-corrected chi connectivity index (χ4v) is 3.30. The zero-order valence-electron chi connectivity index (χ0n) is 11.0. The highest BCUT2D eigenvalue weighted by Crippen LogP contribution is 2.23. The van der Waals surface area contributed by atoms with Crippen molar-refractivity contribution in [1.29, 1.82) is 0 Å². The molecule has 2 aromatic rings. The summed E-state index contributed by atoms with van der Waals surface area (Å²) >= 11 is 1.12. The summed E-state index contributed by atoms with van der Waals surface area (Å²) in [5, 5.41) is 0. The molecule has 19 heavy (non-hydrogen) atoms. The van der Waals surface area contributed by atoms with Crippen molar-refractivity contribution in [2.75, 3.05) is 13.1 Å². The summed E-state index contributed by atoms with van der Waals surface area (Å²) in [4.78, 5) is 18.6. The van der Waals surface area contributed by atoms with E-state index >= 15 is 0 Å². The number of hydrogen-bond acceptors (Lipinski definition) is 5. The number of amides is 1. The summed E-state index contributed by atoms with van der Waals surface area (Å²) in [6.45, 7) is 6.05. The molecule has 100 valence electrons. The van der Waals surface area contributed by atoms with E-state index in [1.807, 2.05) is 4.90 Å². The first-order valence-corrected chi connectivity index (χ1v) is 7.24. The molecule has 2 atom stereocenters. The zero-order chi connectivity index (χ0) is 13.4. The van der Waals surface area contributed by atoms with Gasteiger partial charge < -0.3 is 4.90 Å². The van der Waals surface area contributed by atoms with Crippen LogP contribution in [0.15, 0.2) is 12.3 Å². The topological polar surface area (TPSA) is 59.0 Å². The van der Waals surface area contributed by atoms with E-state index in [1.54, 1.807) is 12.3 Å². The molecule has 0 N–H and O–H groups in total. The maximum atomic E-state index is 12.5. The highest BCUT2D eigenvalue weighted by atomic mass is 32.1. The molecule has 0 spiro atoms. The van der Waals surface area contributed by atoms with Crippen LogP contribution >= 0.6 is 11.7 Å². The van der Waals surface area contributed by atoms with Crippen molar-refractivity contribution in [3.05, 3.63) is 17.8 Å². The van der Waals surface area contributed by atoms with Crippen LogP contribution in [0.25, 0.3) is 11.2 Å². The van der Waals surface area contributed by atoms with Gasteiger partial charge in [-0.15, -0.1) is 0 Å². The van der Waals surface area contributed by atoms with Crippen LogP contribution < -0.4 is 0 Å². The lowest BCUT2D eigenvalue weighted by molar-refractivity contribution is 0.0623. The third-order valence-electron chi connectivity index (χ3n) is 3.52. The van der Waals surface area contributed by atoms with E-state index in [9.17, 15) is 4.79 Å². The highest BCUT2D eigenvalue weighted by Gasteiger charge is 2.26. The van der Waals surface area contributed by atoms with E-state index in [1.165, 1.54) is 6.42 Å². The van der Waals surface area contributed by atoms with Crippen molar-refractivity contribution >= 4 is 28.8 Å². The zero-order valence-corrected chi connectivity index (χ0v) is 11.9. The lowest BCUT2D eigenvalue weighted by Gasteiger charge is -2.35. The van der Waals surface area contributed by atoms with Crippen molar-refractivity contribution in [1.82, 2.24) is 18.6 Å². The van der Waals surface area contributed by atoms with Crippen molar-refractivity contribution in [3.8, 4) is 0 Å². The van der Waals surface area contributed by atoms with Gasteiger partial charge in [-0.2, -0.15) is 8.75 Å². The summed E-state index contributed by atoms with van der Waals surface area (Å²) in [6.07, 6.45) is 2.80. The Morgan fingerprint density at radius 2 is 2.05 bits per heavy atom. The van der Waals surface area contributed by atoms with Gasteiger partial charge in [0.15, 0.2) is 5.65 Å². The Kier molecular flexibility index (Phi) is 3.18. The molecule has 0 aliphatic carbocycles. The lowest BCUT2D eigenvalue weighted by Crippen LogP contribution is -2.42. The largest absolute Gasteiger partial charge is 0.338 e. The molecule has 6 heteroatoms. The van der Waals surface area contributed by atoms with Crippen molar-refractivity contribution < 1.29 is 4.79 Å². The maximum Gasteiger partial charge on any atom is 0.255 e. The van der Waals surface area contributed by atoms with Gasteiger partial charge in [-0.05, 0) is 24.3 Å². The third-order valence-corrected chi connectivity index (χ3v) is 4.05. The highest BCUT2D eigenvalue weighted by molar-refractivity contribution is 7.00. The standard InChI is InChI=1S/C13H16N4OS/c1-8-3-9(2)7-17(6-8)13(18)10-4-11-12(14-5-10)16-19-15-11/h4-5,8-9H,3,6-7H2,1-2H3. The summed E-state index contributed by atoms with van der Waals surface area (Å²) in [7, 11) is 0. The number of aromatic nitrogens is 3. The molecule has 1 saturated heterocycles. The Hall–Kier alpha value is -1.56. The number of carbonyl (C=O) groups excluding carboxylic acids is 1. The molecule has 3 rings (SSSR count). The molecule has 2 unspecified atom stereocenters. The molecule has 0 bridgehead atoms. The summed E-state index contributed by atoms with van der Waals surface area (Å²) in [6, 6.07) is 1.79. The smallest absolute Gasteiger partial charge is 0.255 e. The Balaban J connectivity index is 1.86. The second-order valence-electron chi connectivity index (χ2n) is 5.49. The molecule has 0 radical (unpaired) electrons. The van der Waals surface area contributed by atoms with Crippen LogP contribution in [0.5, 0.6) is 0 Å². The fourth-order valence-electron chi connectivity index (χ4n) is 2.81. The number of nitrogens with zero attached hydrogens (tertiary/aromatic N) is 4. The predicted molar refractivity (Wildman–Crippen MR) is 74.1 cm³/mol. The quantitative estimate of drug-likeness (QED) is 0.801. The van der Waals surface area contributed by atoms with E-state index in [-0.39, 0.29) is 5.91 Å². The molecule has 0 aromatic carbocycles. The minimum Gasteiger partial charge on any atom is -0.338 e. The molecular weight excluding hydrogens is 260 g/mol. The number of carbonyl (C=O) groups is 1. The molecule has 2 aromatic heterocycles. The van der Waals surface area contributed by atoms with Crippen LogP contribution in [-0.4, -0.2) is 37.6 Å². The molecule has 1 fully saturated rings. The first kappa shape index (κ1) is 12.5. The van der Waals surface area contributed by atoms with Crippen LogP contribution in [0, 0.1) is 11.8 Å². The second kappa shape index (κ2) is 4.85. The van der Waals surface area contributed by atoms with Gasteiger partial charge in [-0.25, -0.2) is 4.98 Å². The van der Waals surface area contributed by atoms with E-state index in [0.29, 0.717) is 28.6 Å². The van der Waals surface area contributed by atoms with Gasteiger partial charge >= 0.3 is 0 Å². The molecule has 1 aliphatic heterocycles. The van der Waals surface area contributed by atoms with E-state index in [0.717, 1.165) is 24.8 Å². The minimum atomic E-state index is 0.0563. The normalized spacial score (nSPS) is 23.8. The third kappa shape index (κ3) is 2.45. The van der Waals surface area contributed by atoms with Gasteiger partial charge in [-0.3, -0.25) is 4.79 Å². The number of hydrogen-bond donors (Lipinski definition) is 0. The fraction of sp³-hybridized carbons (Fsp3) is 0.538. The first-order chi connectivity index (χ1) is 9.13. The molecule has 1 aliphatic rings. The van der Waals surface area contributed by atoms with Gasteiger partial charge in [0, 0.05) is 19.3 Å². The van der Waals surface area contributed by atoms with Crippen molar-refractivity contribution in [3.63, 3.8) is 0 Å². The SMILES string of the molecule is CC1CC(C)CN(C(=O)c2cnc3nsnc3c2)C1. The average Bonchev–Trinajstić information content (AvgIpc) is 2.83. The minimum absolute atomic E-state index is 0.0563. The van der Waals surface area contributed by atoms with Crippen LogP contribution in [0.4, 0.5) is 0 Å². The number of likely N-dealkylation sites (tertiary alicyclic amines) is 1. The second-order valence-corrected chi connectivity index (χ2v) is 6.02. The number of piperidine rings is 1. The van der Waals surface area contributed by atoms with Gasteiger partial charge in [0.05, 0.1) is 17.3 Å². The average molecular weight is 276 g/mol. The summed E-state index contributed by atoms with van der Waals surface area (Å²) < 4.78 is 8.18. The predicted octanol–water partition coefficient (Wildman–Crippen LogP) is 2.20. The molecular formula is C13H16N4OS. The van der Waals surface area contributed by atoms with Crippen LogP contribution in [0.3, 0.4) is 0 Å². The van der Waals surface area contributed by atoms with Crippen LogP contribution in [-0.2, 0) is 0 Å². The van der Waals surface area contributed by atoms with E-state index in [2.05, 4.69) is 27.6 Å². The van der Waals surface area contributed by atoms with Gasteiger partial charge in [0.25, 0.3) is 5.91 Å². The lowest BCUT2D eigenvalue weighted by atomic mass is 9.91. The monoisotopic (exact) mass is 276 g/mol. The molecule has 3 heterocycles. The molecule has 0 saturated carbocycles.